The summed E-state index contributed by atoms with van der Waals surface area (Å²) in [6, 6.07) is 0. The van der Waals surface area contributed by atoms with Gasteiger partial charge in [-0.15, -0.1) is 0 Å². The predicted octanol–water partition coefficient (Wildman–Crippen LogP) is 19.5. The number of esters is 3. The van der Waals surface area contributed by atoms with Crippen molar-refractivity contribution in [2.24, 2.45) is 0 Å². The van der Waals surface area contributed by atoms with Crippen molar-refractivity contribution >= 4 is 17.9 Å². The Kier molecular flexibility index (Phi) is 54.3. The van der Waals surface area contributed by atoms with E-state index >= 15 is 0 Å². The van der Waals surface area contributed by atoms with Crippen molar-refractivity contribution in [2.45, 2.75) is 284 Å². The molecule has 0 unspecified atom stereocenters. The summed E-state index contributed by atoms with van der Waals surface area (Å²) < 4.78 is 16.8. The summed E-state index contributed by atoms with van der Waals surface area (Å²) >= 11 is 0. The zero-order valence-electron chi connectivity index (χ0n) is 45.3. The molecule has 0 heterocycles. The second-order valence-electron chi connectivity index (χ2n) is 19.2. The molecule has 1 atom stereocenters. The fourth-order valence-corrected chi connectivity index (χ4v) is 7.99. The van der Waals surface area contributed by atoms with Gasteiger partial charge >= 0.3 is 17.9 Å². The molecular formula is C63H108O6. The van der Waals surface area contributed by atoms with E-state index in [2.05, 4.69) is 106 Å². The largest absolute Gasteiger partial charge is 0.462 e. The lowest BCUT2D eigenvalue weighted by Gasteiger charge is -2.18. The van der Waals surface area contributed by atoms with Crippen molar-refractivity contribution in [3.8, 4) is 0 Å². The van der Waals surface area contributed by atoms with E-state index in [0.29, 0.717) is 19.3 Å². The highest BCUT2D eigenvalue weighted by Crippen LogP contribution is 2.15. The van der Waals surface area contributed by atoms with Crippen LogP contribution < -0.4 is 0 Å². The van der Waals surface area contributed by atoms with Gasteiger partial charge in [0.2, 0.25) is 0 Å². The molecule has 0 bridgehead atoms. The Hall–Kier alpha value is -3.41. The molecule has 0 aromatic carbocycles. The lowest BCUT2D eigenvalue weighted by Crippen LogP contribution is -2.30. The third-order valence-electron chi connectivity index (χ3n) is 12.4. The fraction of sp³-hybridized carbons (Fsp3) is 0.730. The van der Waals surface area contributed by atoms with Gasteiger partial charge in [0, 0.05) is 19.3 Å². The number of hydrogen-bond acceptors (Lipinski definition) is 6. The minimum Gasteiger partial charge on any atom is -0.462 e. The van der Waals surface area contributed by atoms with Gasteiger partial charge in [0.25, 0.3) is 0 Å². The van der Waals surface area contributed by atoms with Crippen LogP contribution in [0.2, 0.25) is 0 Å². The van der Waals surface area contributed by atoms with Gasteiger partial charge in [-0.2, -0.15) is 0 Å². The molecule has 396 valence electrons. The molecule has 0 spiro atoms. The van der Waals surface area contributed by atoms with Crippen molar-refractivity contribution in [2.75, 3.05) is 13.2 Å². The van der Waals surface area contributed by atoms with Gasteiger partial charge in [-0.05, 0) is 116 Å². The van der Waals surface area contributed by atoms with Crippen molar-refractivity contribution in [3.05, 3.63) is 85.1 Å². The molecule has 0 fully saturated rings. The first-order valence-corrected chi connectivity index (χ1v) is 29.1. The summed E-state index contributed by atoms with van der Waals surface area (Å²) in [5.41, 5.74) is 0. The normalized spacial score (nSPS) is 12.7. The van der Waals surface area contributed by atoms with Crippen LogP contribution in [0.25, 0.3) is 0 Å². The van der Waals surface area contributed by atoms with Gasteiger partial charge < -0.3 is 14.2 Å². The third kappa shape index (κ3) is 55.4. The van der Waals surface area contributed by atoms with Crippen LogP contribution in [0.15, 0.2) is 85.1 Å². The molecule has 6 nitrogen and oxygen atoms in total. The molecule has 0 N–H and O–H groups in total. The minimum atomic E-state index is -0.797. The molecule has 0 aliphatic rings. The molecule has 0 rings (SSSR count). The van der Waals surface area contributed by atoms with Gasteiger partial charge in [0.15, 0.2) is 6.10 Å². The van der Waals surface area contributed by atoms with Gasteiger partial charge in [0.05, 0.1) is 0 Å². The topological polar surface area (TPSA) is 78.9 Å². The Labute approximate surface area is 426 Å². The number of hydrogen-bond donors (Lipinski definition) is 0. The maximum atomic E-state index is 12.9. The zero-order valence-corrected chi connectivity index (χ0v) is 45.3. The van der Waals surface area contributed by atoms with Crippen LogP contribution in [-0.2, 0) is 28.6 Å². The van der Waals surface area contributed by atoms with Crippen LogP contribution in [0.4, 0.5) is 0 Å². The molecule has 0 saturated heterocycles. The highest BCUT2D eigenvalue weighted by atomic mass is 16.6. The Balaban J connectivity index is 4.43. The first-order chi connectivity index (χ1) is 34.0. The van der Waals surface area contributed by atoms with E-state index in [1.165, 1.54) is 116 Å². The Morgan fingerprint density at radius 3 is 0.928 bits per heavy atom. The Bertz CT molecular complexity index is 1330. The second kappa shape index (κ2) is 57.2. The van der Waals surface area contributed by atoms with Crippen LogP contribution in [0.3, 0.4) is 0 Å². The van der Waals surface area contributed by atoms with Crippen molar-refractivity contribution in [1.82, 2.24) is 0 Å². The number of carbonyl (C=O) groups excluding carboxylic acids is 3. The number of unbranched alkanes of at least 4 members (excludes halogenated alkanes) is 27. The number of carbonyl (C=O) groups is 3. The molecule has 0 aliphatic carbocycles. The lowest BCUT2D eigenvalue weighted by molar-refractivity contribution is -0.167. The van der Waals surface area contributed by atoms with E-state index in [-0.39, 0.29) is 31.1 Å². The maximum Gasteiger partial charge on any atom is 0.306 e. The number of ether oxygens (including phenoxy) is 3. The van der Waals surface area contributed by atoms with Crippen LogP contribution in [-0.4, -0.2) is 37.2 Å². The van der Waals surface area contributed by atoms with Crippen molar-refractivity contribution in [3.63, 3.8) is 0 Å². The lowest BCUT2D eigenvalue weighted by atomic mass is 10.1. The third-order valence-corrected chi connectivity index (χ3v) is 12.4. The average molecular weight is 962 g/mol. The van der Waals surface area contributed by atoms with E-state index < -0.39 is 6.10 Å². The fourth-order valence-electron chi connectivity index (χ4n) is 7.99. The van der Waals surface area contributed by atoms with E-state index in [1.807, 2.05) is 0 Å². The Morgan fingerprint density at radius 1 is 0.304 bits per heavy atom. The van der Waals surface area contributed by atoms with Gasteiger partial charge in [-0.3, -0.25) is 14.4 Å². The van der Waals surface area contributed by atoms with E-state index in [4.69, 9.17) is 14.2 Å². The van der Waals surface area contributed by atoms with Gasteiger partial charge in [-0.25, -0.2) is 0 Å². The van der Waals surface area contributed by atoms with Crippen LogP contribution in [0, 0.1) is 0 Å². The van der Waals surface area contributed by atoms with Crippen molar-refractivity contribution < 1.29 is 28.6 Å². The molecule has 0 saturated carbocycles. The number of rotatable bonds is 52. The highest BCUT2D eigenvalue weighted by molar-refractivity contribution is 5.71. The smallest absolute Gasteiger partial charge is 0.306 e. The van der Waals surface area contributed by atoms with Crippen LogP contribution in [0.5, 0.6) is 0 Å². The summed E-state index contributed by atoms with van der Waals surface area (Å²) in [6.45, 7) is 6.48. The van der Waals surface area contributed by atoms with Gasteiger partial charge in [-0.1, -0.05) is 228 Å². The molecular weight excluding hydrogens is 853 g/mol. The average Bonchev–Trinajstić information content (AvgIpc) is 3.35. The summed E-state index contributed by atoms with van der Waals surface area (Å²) in [4.78, 5) is 38.2. The van der Waals surface area contributed by atoms with Crippen LogP contribution in [0.1, 0.15) is 278 Å². The monoisotopic (exact) mass is 961 g/mol. The molecule has 0 aromatic rings. The second-order valence-corrected chi connectivity index (χ2v) is 19.2. The summed E-state index contributed by atoms with van der Waals surface area (Å²) in [7, 11) is 0. The SMILES string of the molecule is CC/C=C/C/C=C/C/C=C/CCCCCCCC(=O)OC[C@H](COC(=O)CCCCCCCCCCC/C=C/CCCCCCCC)OC(=O)CCCCCC/C=C/C/C=C/C/C=C/CCCCC. The number of allylic oxidation sites excluding steroid dienone is 14. The molecule has 0 aliphatic heterocycles. The Morgan fingerprint density at radius 2 is 0.565 bits per heavy atom. The summed E-state index contributed by atoms with van der Waals surface area (Å²) in [5.74, 6) is -0.928. The van der Waals surface area contributed by atoms with Gasteiger partial charge in [0.1, 0.15) is 13.2 Å². The van der Waals surface area contributed by atoms with Crippen molar-refractivity contribution in [1.29, 1.82) is 0 Å². The predicted molar refractivity (Wildman–Crippen MR) is 297 cm³/mol. The highest BCUT2D eigenvalue weighted by Gasteiger charge is 2.19. The minimum absolute atomic E-state index is 0.0922. The van der Waals surface area contributed by atoms with E-state index in [9.17, 15) is 14.4 Å². The molecule has 69 heavy (non-hydrogen) atoms. The molecule has 0 radical (unpaired) electrons. The molecule has 6 heteroatoms. The van der Waals surface area contributed by atoms with E-state index in [0.717, 1.165) is 122 Å². The standard InChI is InChI=1S/C63H108O6/c1-4-7-10-13-16-19-22-25-28-30-31-33-35-38-41-44-47-50-53-56-62(65)68-59-60(58-67-61(64)55-52-49-46-43-40-37-34-27-24-21-18-15-12-9-6-3)69-63(66)57-54-51-48-45-42-39-36-32-29-26-23-20-17-14-11-8-5-2/h9,12,17-18,20-21,25-29,34,36,39,60H,4-8,10-11,13-16,19,22-24,30-33,35,37-38,40-59H2,1-3H3/b12-9+,20-17+,21-18+,28-25+,29-26+,34-27+,39-36+/t60-/m1/s1. The quantitative estimate of drug-likeness (QED) is 0.0262. The summed E-state index contributed by atoms with van der Waals surface area (Å²) in [5, 5.41) is 0. The first-order valence-electron chi connectivity index (χ1n) is 29.1. The zero-order chi connectivity index (χ0) is 50.0. The molecule has 0 amide bonds. The summed E-state index contributed by atoms with van der Waals surface area (Å²) in [6.07, 6.45) is 74.3. The molecule has 0 aromatic heterocycles. The van der Waals surface area contributed by atoms with Crippen LogP contribution >= 0.6 is 0 Å². The first kappa shape index (κ1) is 65.6. The maximum absolute atomic E-state index is 12.9. The van der Waals surface area contributed by atoms with E-state index in [1.54, 1.807) is 0 Å².